The van der Waals surface area contributed by atoms with Crippen LogP contribution in [0.3, 0.4) is 0 Å². The molecule has 1 aromatic heterocycles. The molecule has 1 amide bonds. The third-order valence-corrected chi connectivity index (χ3v) is 5.47. The SMILES string of the molecule is CCOC1CC(NC(=O)c2cccc(-n3cccc3)c2)(C(=O)O)C1(C)C. The van der Waals surface area contributed by atoms with Crippen LogP contribution in [0, 0.1) is 5.41 Å². The Hall–Kier alpha value is -2.60. The van der Waals surface area contributed by atoms with Gasteiger partial charge in [0.05, 0.1) is 6.10 Å². The maximum absolute atomic E-state index is 12.8. The number of ether oxygens (including phenoxy) is 1. The largest absolute Gasteiger partial charge is 0.479 e. The van der Waals surface area contributed by atoms with Crippen molar-refractivity contribution in [1.29, 1.82) is 0 Å². The fourth-order valence-corrected chi connectivity index (χ4v) is 3.62. The highest BCUT2D eigenvalue weighted by atomic mass is 16.5. The zero-order chi connectivity index (χ0) is 18.9. The normalized spacial score (nSPS) is 23.9. The fourth-order valence-electron chi connectivity index (χ4n) is 3.62. The quantitative estimate of drug-likeness (QED) is 0.834. The zero-order valence-electron chi connectivity index (χ0n) is 15.2. The lowest BCUT2D eigenvalue weighted by Gasteiger charge is -2.58. The standard InChI is InChI=1S/C20H24N2O4/c1-4-26-16-13-20(18(24)25,19(16,2)3)21-17(23)14-8-7-9-15(12-14)22-10-5-6-11-22/h5-12,16H,4,13H2,1-3H3,(H,21,23)(H,24,25). The van der Waals surface area contributed by atoms with Crippen LogP contribution < -0.4 is 5.32 Å². The van der Waals surface area contributed by atoms with Crippen molar-refractivity contribution < 1.29 is 19.4 Å². The van der Waals surface area contributed by atoms with E-state index in [1.807, 2.05) is 55.9 Å². The van der Waals surface area contributed by atoms with Gasteiger partial charge in [0.2, 0.25) is 0 Å². The third-order valence-electron chi connectivity index (χ3n) is 5.47. The second-order valence-corrected chi connectivity index (χ2v) is 7.18. The van der Waals surface area contributed by atoms with Crippen molar-refractivity contribution in [1.82, 2.24) is 9.88 Å². The van der Waals surface area contributed by atoms with Crippen LogP contribution >= 0.6 is 0 Å². The van der Waals surface area contributed by atoms with E-state index < -0.39 is 22.8 Å². The van der Waals surface area contributed by atoms with Gasteiger partial charge in [0, 0.05) is 42.1 Å². The summed E-state index contributed by atoms with van der Waals surface area (Å²) in [6, 6.07) is 10.9. The second kappa shape index (κ2) is 6.61. The minimum absolute atomic E-state index is 0.199. The molecule has 26 heavy (non-hydrogen) atoms. The molecule has 2 atom stereocenters. The van der Waals surface area contributed by atoms with Crippen LogP contribution in [-0.4, -0.2) is 39.8 Å². The number of carboxylic acids is 1. The Morgan fingerprint density at radius 3 is 2.54 bits per heavy atom. The minimum Gasteiger partial charge on any atom is -0.479 e. The van der Waals surface area contributed by atoms with Crippen LogP contribution in [0.25, 0.3) is 5.69 Å². The molecule has 1 saturated carbocycles. The van der Waals surface area contributed by atoms with Crippen molar-refractivity contribution in [3.63, 3.8) is 0 Å². The number of nitrogens with one attached hydrogen (secondary N) is 1. The van der Waals surface area contributed by atoms with Crippen molar-refractivity contribution in [3.8, 4) is 5.69 Å². The van der Waals surface area contributed by atoms with E-state index in [1.54, 1.807) is 18.2 Å². The van der Waals surface area contributed by atoms with E-state index in [4.69, 9.17) is 4.74 Å². The Balaban J connectivity index is 1.84. The van der Waals surface area contributed by atoms with Gasteiger partial charge in [-0.05, 0) is 37.3 Å². The summed E-state index contributed by atoms with van der Waals surface area (Å²) >= 11 is 0. The summed E-state index contributed by atoms with van der Waals surface area (Å²) in [5, 5.41) is 12.6. The maximum Gasteiger partial charge on any atom is 0.330 e. The van der Waals surface area contributed by atoms with Crippen molar-refractivity contribution >= 4 is 11.9 Å². The van der Waals surface area contributed by atoms with Gasteiger partial charge in [-0.15, -0.1) is 0 Å². The van der Waals surface area contributed by atoms with Gasteiger partial charge in [0.25, 0.3) is 5.91 Å². The Kier molecular flexibility index (Phi) is 4.63. The van der Waals surface area contributed by atoms with E-state index >= 15 is 0 Å². The predicted octanol–water partition coefficient (Wildman–Crippen LogP) is 2.87. The number of amides is 1. The van der Waals surface area contributed by atoms with Gasteiger partial charge in [-0.3, -0.25) is 4.79 Å². The van der Waals surface area contributed by atoms with Gasteiger partial charge in [0.1, 0.15) is 5.54 Å². The molecule has 0 spiro atoms. The lowest BCUT2D eigenvalue weighted by Crippen LogP contribution is -2.76. The highest BCUT2D eigenvalue weighted by Crippen LogP contribution is 2.51. The van der Waals surface area contributed by atoms with Crippen LogP contribution in [0.1, 0.15) is 37.6 Å². The molecule has 6 heteroatoms. The maximum atomic E-state index is 12.8. The summed E-state index contributed by atoms with van der Waals surface area (Å²) in [6.45, 7) is 6.03. The van der Waals surface area contributed by atoms with Gasteiger partial charge in [-0.2, -0.15) is 0 Å². The van der Waals surface area contributed by atoms with E-state index in [-0.39, 0.29) is 12.5 Å². The molecule has 0 saturated heterocycles. The van der Waals surface area contributed by atoms with E-state index in [0.29, 0.717) is 12.2 Å². The Morgan fingerprint density at radius 1 is 1.27 bits per heavy atom. The van der Waals surface area contributed by atoms with Crippen molar-refractivity contribution in [2.24, 2.45) is 5.41 Å². The fraction of sp³-hybridized carbons (Fsp3) is 0.400. The highest BCUT2D eigenvalue weighted by Gasteiger charge is 2.66. The molecule has 2 N–H and O–H groups in total. The predicted molar refractivity (Wildman–Crippen MR) is 97.4 cm³/mol. The number of carbonyl (C=O) groups excluding carboxylic acids is 1. The average Bonchev–Trinajstić information content (AvgIpc) is 3.15. The smallest absolute Gasteiger partial charge is 0.330 e. The molecule has 6 nitrogen and oxygen atoms in total. The van der Waals surface area contributed by atoms with Gasteiger partial charge < -0.3 is 19.7 Å². The summed E-state index contributed by atoms with van der Waals surface area (Å²) in [7, 11) is 0. The first-order chi connectivity index (χ1) is 12.3. The number of benzene rings is 1. The highest BCUT2D eigenvalue weighted by molar-refractivity contribution is 5.99. The van der Waals surface area contributed by atoms with Gasteiger partial charge in [0.15, 0.2) is 0 Å². The van der Waals surface area contributed by atoms with Crippen LogP contribution in [0.15, 0.2) is 48.8 Å². The van der Waals surface area contributed by atoms with Gasteiger partial charge >= 0.3 is 5.97 Å². The molecule has 2 aromatic rings. The van der Waals surface area contributed by atoms with E-state index in [9.17, 15) is 14.7 Å². The number of nitrogens with zero attached hydrogens (tertiary/aromatic N) is 1. The number of hydrogen-bond donors (Lipinski definition) is 2. The summed E-state index contributed by atoms with van der Waals surface area (Å²) in [4.78, 5) is 24.8. The Morgan fingerprint density at radius 2 is 1.96 bits per heavy atom. The van der Waals surface area contributed by atoms with Gasteiger partial charge in [-0.25, -0.2) is 4.79 Å². The summed E-state index contributed by atoms with van der Waals surface area (Å²) < 4.78 is 7.53. The van der Waals surface area contributed by atoms with Crippen molar-refractivity contribution in [3.05, 3.63) is 54.4 Å². The van der Waals surface area contributed by atoms with Crippen LogP contribution in [0.5, 0.6) is 0 Å². The van der Waals surface area contributed by atoms with E-state index in [1.165, 1.54) is 0 Å². The number of aromatic nitrogens is 1. The monoisotopic (exact) mass is 356 g/mol. The van der Waals surface area contributed by atoms with Gasteiger partial charge in [-0.1, -0.05) is 19.9 Å². The topological polar surface area (TPSA) is 80.6 Å². The third kappa shape index (κ3) is 2.80. The van der Waals surface area contributed by atoms with Crippen LogP contribution in [0.2, 0.25) is 0 Å². The average molecular weight is 356 g/mol. The summed E-state index contributed by atoms with van der Waals surface area (Å²) in [5.74, 6) is -1.43. The second-order valence-electron chi connectivity index (χ2n) is 7.18. The molecule has 1 aliphatic carbocycles. The summed E-state index contributed by atoms with van der Waals surface area (Å²) in [5.41, 5.74) is -0.782. The molecule has 1 aromatic carbocycles. The van der Waals surface area contributed by atoms with E-state index in [2.05, 4.69) is 5.32 Å². The molecule has 138 valence electrons. The lowest BCUT2D eigenvalue weighted by molar-refractivity contribution is -0.190. The molecule has 0 aliphatic heterocycles. The first-order valence-corrected chi connectivity index (χ1v) is 8.73. The van der Waals surface area contributed by atoms with Crippen LogP contribution in [0.4, 0.5) is 0 Å². The summed E-state index contributed by atoms with van der Waals surface area (Å²) in [6.07, 6.45) is 3.83. The number of carboxylic acid groups (broad SMARTS) is 1. The number of aliphatic carboxylic acids is 1. The van der Waals surface area contributed by atoms with E-state index in [0.717, 1.165) is 5.69 Å². The number of rotatable bonds is 6. The number of carbonyl (C=O) groups is 2. The molecular weight excluding hydrogens is 332 g/mol. The zero-order valence-corrected chi connectivity index (χ0v) is 15.2. The molecule has 1 fully saturated rings. The molecule has 1 aliphatic rings. The van der Waals surface area contributed by atoms with Crippen molar-refractivity contribution in [2.75, 3.05) is 6.61 Å². The molecule has 0 radical (unpaired) electrons. The Bertz CT molecular complexity index is 813. The first-order valence-electron chi connectivity index (χ1n) is 8.73. The molecule has 0 bridgehead atoms. The molecule has 3 rings (SSSR count). The Labute approximate surface area is 152 Å². The lowest BCUT2D eigenvalue weighted by atomic mass is 9.54. The van der Waals surface area contributed by atoms with Crippen molar-refractivity contribution in [2.45, 2.75) is 38.8 Å². The number of hydrogen-bond acceptors (Lipinski definition) is 3. The minimum atomic E-state index is -1.34. The first kappa shape index (κ1) is 18.2. The van der Waals surface area contributed by atoms with Crippen LogP contribution in [-0.2, 0) is 9.53 Å². The molecule has 1 heterocycles. The molecule has 2 unspecified atom stereocenters. The molecular formula is C20H24N2O4.